The van der Waals surface area contributed by atoms with Gasteiger partial charge in [-0.1, -0.05) is 78.9 Å². The third kappa shape index (κ3) is 4.49. The van der Waals surface area contributed by atoms with Crippen LogP contribution in [0.3, 0.4) is 0 Å². The molecule has 35 heavy (non-hydrogen) atoms. The lowest BCUT2D eigenvalue weighted by Crippen LogP contribution is -2.61. The zero-order valence-corrected chi connectivity index (χ0v) is 19.1. The maximum Gasteiger partial charge on any atom is 0.407 e. The molecule has 1 saturated heterocycles. The Morgan fingerprint density at radius 3 is 2.09 bits per heavy atom. The van der Waals surface area contributed by atoms with E-state index in [2.05, 4.69) is 17.4 Å². The monoisotopic (exact) mass is 470 g/mol. The lowest BCUT2D eigenvalue weighted by atomic mass is 9.98. The number of alkyl carbamates (subject to hydrolysis) is 1. The fourth-order valence-electron chi connectivity index (χ4n) is 4.94. The number of carboxylic acids is 1. The number of aliphatic carboxylic acids is 1. The highest BCUT2D eigenvalue weighted by Gasteiger charge is 2.41. The molecule has 1 aliphatic carbocycles. The number of carboxylic acid groups (broad SMARTS) is 1. The molecule has 0 bridgehead atoms. The van der Waals surface area contributed by atoms with Crippen LogP contribution < -0.4 is 5.32 Å². The zero-order chi connectivity index (χ0) is 24.4. The molecule has 1 fully saturated rings. The maximum absolute atomic E-state index is 13.2. The van der Waals surface area contributed by atoms with Gasteiger partial charge in [-0.25, -0.2) is 9.59 Å². The van der Waals surface area contributed by atoms with E-state index < -0.39 is 30.1 Å². The lowest BCUT2D eigenvalue weighted by Gasteiger charge is -2.40. The quantitative estimate of drug-likeness (QED) is 0.547. The van der Waals surface area contributed by atoms with Gasteiger partial charge in [-0.2, -0.15) is 0 Å². The Morgan fingerprint density at radius 1 is 0.914 bits per heavy atom. The molecule has 0 aromatic heterocycles. The summed E-state index contributed by atoms with van der Waals surface area (Å²) in [5, 5.41) is 12.1. The number of likely N-dealkylation sites (tertiary alicyclic amines) is 1. The van der Waals surface area contributed by atoms with Crippen LogP contribution >= 0.6 is 0 Å². The number of hydrogen-bond acceptors (Lipinski definition) is 4. The van der Waals surface area contributed by atoms with Crippen LogP contribution in [0.2, 0.25) is 0 Å². The lowest BCUT2D eigenvalue weighted by molar-refractivity contribution is -0.158. The first kappa shape index (κ1) is 22.7. The first-order valence-electron chi connectivity index (χ1n) is 11.7. The number of carbonyl (C=O) groups is 3. The second-order valence-electron chi connectivity index (χ2n) is 8.89. The summed E-state index contributed by atoms with van der Waals surface area (Å²) < 4.78 is 5.63. The molecule has 3 aromatic carbocycles. The van der Waals surface area contributed by atoms with Gasteiger partial charge in [0.25, 0.3) is 0 Å². The zero-order valence-electron chi connectivity index (χ0n) is 19.1. The molecular formula is C28H26N2O5. The van der Waals surface area contributed by atoms with E-state index in [-0.39, 0.29) is 18.9 Å². The van der Waals surface area contributed by atoms with Crippen molar-refractivity contribution in [1.82, 2.24) is 10.2 Å². The number of ether oxygens (including phenoxy) is 1. The molecule has 0 radical (unpaired) electrons. The molecule has 7 heteroatoms. The van der Waals surface area contributed by atoms with Crippen LogP contribution in [0.4, 0.5) is 4.79 Å². The van der Waals surface area contributed by atoms with Gasteiger partial charge in [0, 0.05) is 18.9 Å². The van der Waals surface area contributed by atoms with E-state index in [4.69, 9.17) is 4.74 Å². The summed E-state index contributed by atoms with van der Waals surface area (Å²) in [7, 11) is 0. The highest BCUT2D eigenvalue weighted by molar-refractivity contribution is 5.91. The van der Waals surface area contributed by atoms with Gasteiger partial charge in [-0.15, -0.1) is 0 Å². The van der Waals surface area contributed by atoms with E-state index in [1.807, 2.05) is 66.7 Å². The summed E-state index contributed by atoms with van der Waals surface area (Å²) in [6, 6.07) is 23.7. The molecule has 2 atom stereocenters. The van der Waals surface area contributed by atoms with Crippen molar-refractivity contribution >= 4 is 18.0 Å². The van der Waals surface area contributed by atoms with Gasteiger partial charge in [-0.05, 0) is 34.2 Å². The predicted molar refractivity (Wildman–Crippen MR) is 130 cm³/mol. The summed E-state index contributed by atoms with van der Waals surface area (Å²) in [6.45, 7) is 0.487. The SMILES string of the molecule is O=C(N[C@@H](Cc1ccccc1)C(=O)N1CCC1C(=O)O)OCC1c2ccccc2-c2ccccc21. The number of fused-ring (bicyclic) bond motifs is 3. The van der Waals surface area contributed by atoms with E-state index in [1.165, 1.54) is 4.90 Å². The van der Waals surface area contributed by atoms with Gasteiger partial charge in [-0.3, -0.25) is 4.79 Å². The number of benzene rings is 3. The second kappa shape index (κ2) is 9.62. The van der Waals surface area contributed by atoms with Crippen molar-refractivity contribution < 1.29 is 24.2 Å². The Hall–Kier alpha value is -4.13. The van der Waals surface area contributed by atoms with Crippen molar-refractivity contribution in [2.45, 2.75) is 30.8 Å². The van der Waals surface area contributed by atoms with Crippen molar-refractivity contribution in [3.05, 3.63) is 95.6 Å². The molecule has 1 heterocycles. The summed E-state index contributed by atoms with van der Waals surface area (Å²) in [5.74, 6) is -1.55. The van der Waals surface area contributed by atoms with E-state index in [1.54, 1.807) is 0 Å². The van der Waals surface area contributed by atoms with Crippen molar-refractivity contribution in [2.24, 2.45) is 0 Å². The normalized spacial score (nSPS) is 17.0. The molecule has 2 amide bonds. The minimum absolute atomic E-state index is 0.0943. The molecule has 1 unspecified atom stereocenters. The Kier molecular flexibility index (Phi) is 6.23. The molecule has 2 N–H and O–H groups in total. The van der Waals surface area contributed by atoms with Crippen LogP contribution in [0.25, 0.3) is 11.1 Å². The van der Waals surface area contributed by atoms with Crippen LogP contribution in [0.1, 0.15) is 29.0 Å². The first-order valence-corrected chi connectivity index (χ1v) is 11.7. The number of nitrogens with one attached hydrogen (secondary N) is 1. The average molecular weight is 471 g/mol. The van der Waals surface area contributed by atoms with Crippen LogP contribution in [0, 0.1) is 0 Å². The highest BCUT2D eigenvalue weighted by Crippen LogP contribution is 2.44. The molecule has 7 nitrogen and oxygen atoms in total. The van der Waals surface area contributed by atoms with Crippen molar-refractivity contribution in [3.8, 4) is 11.1 Å². The van der Waals surface area contributed by atoms with E-state index in [0.717, 1.165) is 27.8 Å². The maximum atomic E-state index is 13.2. The smallest absolute Gasteiger partial charge is 0.407 e. The number of amides is 2. The fraction of sp³-hybridized carbons (Fsp3) is 0.250. The van der Waals surface area contributed by atoms with Crippen LogP contribution in [-0.4, -0.2) is 53.2 Å². The van der Waals surface area contributed by atoms with Gasteiger partial charge in [0.05, 0.1) is 0 Å². The van der Waals surface area contributed by atoms with Crippen molar-refractivity contribution in [3.63, 3.8) is 0 Å². The summed E-state index contributed by atoms with van der Waals surface area (Å²) in [6.07, 6.45) is -0.0508. The topological polar surface area (TPSA) is 95.9 Å². The van der Waals surface area contributed by atoms with E-state index in [0.29, 0.717) is 13.0 Å². The van der Waals surface area contributed by atoms with Crippen LogP contribution in [-0.2, 0) is 20.7 Å². The molecule has 178 valence electrons. The van der Waals surface area contributed by atoms with Gasteiger partial charge >= 0.3 is 12.1 Å². The summed E-state index contributed by atoms with van der Waals surface area (Å²) in [5.41, 5.74) is 5.32. The minimum atomic E-state index is -1.04. The number of nitrogens with zero attached hydrogens (tertiary/aromatic N) is 1. The summed E-state index contributed by atoms with van der Waals surface area (Å²) >= 11 is 0. The molecule has 0 saturated carbocycles. The third-order valence-electron chi connectivity index (χ3n) is 6.80. The molecule has 5 rings (SSSR count). The molecular weight excluding hydrogens is 444 g/mol. The van der Waals surface area contributed by atoms with Crippen molar-refractivity contribution in [1.29, 1.82) is 0 Å². The van der Waals surface area contributed by atoms with E-state index in [9.17, 15) is 19.5 Å². The Balaban J connectivity index is 1.30. The highest BCUT2D eigenvalue weighted by atomic mass is 16.5. The molecule has 0 spiro atoms. The Morgan fingerprint density at radius 2 is 1.51 bits per heavy atom. The molecule has 3 aromatic rings. The number of hydrogen-bond donors (Lipinski definition) is 2. The largest absolute Gasteiger partial charge is 0.480 e. The number of rotatable bonds is 7. The standard InChI is InChI=1S/C28H26N2O5/c31-26(30-15-14-25(30)27(32)33)24(16-18-8-2-1-3-9-18)29-28(34)35-17-23-21-12-6-4-10-19(21)20-11-5-7-13-22(20)23/h1-13,23-25H,14-17H2,(H,29,34)(H,32,33)/t24-,25?/m0/s1. The minimum Gasteiger partial charge on any atom is -0.480 e. The van der Waals surface area contributed by atoms with E-state index >= 15 is 0 Å². The molecule has 2 aliphatic rings. The van der Waals surface area contributed by atoms with Crippen LogP contribution in [0.5, 0.6) is 0 Å². The van der Waals surface area contributed by atoms with Gasteiger partial charge in [0.2, 0.25) is 5.91 Å². The third-order valence-corrected chi connectivity index (χ3v) is 6.80. The van der Waals surface area contributed by atoms with Gasteiger partial charge in [0.15, 0.2) is 0 Å². The first-order chi connectivity index (χ1) is 17.0. The van der Waals surface area contributed by atoms with Crippen LogP contribution in [0.15, 0.2) is 78.9 Å². The Labute approximate surface area is 203 Å². The van der Waals surface area contributed by atoms with Gasteiger partial charge < -0.3 is 20.1 Å². The molecule has 1 aliphatic heterocycles. The number of carbonyl (C=O) groups excluding carboxylic acids is 2. The Bertz CT molecular complexity index is 1210. The second-order valence-corrected chi connectivity index (χ2v) is 8.89. The summed E-state index contributed by atoms with van der Waals surface area (Å²) in [4.78, 5) is 38.8. The predicted octanol–water partition coefficient (Wildman–Crippen LogP) is 3.82. The fourth-order valence-corrected chi connectivity index (χ4v) is 4.94. The van der Waals surface area contributed by atoms with Gasteiger partial charge in [0.1, 0.15) is 18.7 Å². The average Bonchev–Trinajstić information content (AvgIpc) is 3.15. The van der Waals surface area contributed by atoms with Crippen molar-refractivity contribution in [2.75, 3.05) is 13.2 Å².